The van der Waals surface area contributed by atoms with Crippen molar-refractivity contribution < 1.29 is 14.3 Å². The normalized spacial score (nSPS) is 17.3. The molecule has 1 saturated heterocycles. The van der Waals surface area contributed by atoms with Crippen molar-refractivity contribution in [1.82, 2.24) is 4.90 Å². The number of likely N-dealkylation sites (tertiary alicyclic amines) is 1. The minimum atomic E-state index is -0.444. The molecule has 1 unspecified atom stereocenters. The van der Waals surface area contributed by atoms with E-state index in [2.05, 4.69) is 12.1 Å². The molecule has 0 aliphatic carbocycles. The fraction of sp³-hybridized carbons (Fsp3) is 0.400. The zero-order valence-corrected chi connectivity index (χ0v) is 15.0. The predicted octanol–water partition coefficient (Wildman–Crippen LogP) is 3.92. The number of esters is 1. The van der Waals surface area contributed by atoms with E-state index in [1.165, 1.54) is 16.9 Å². The van der Waals surface area contributed by atoms with Crippen LogP contribution in [-0.2, 0) is 16.0 Å². The van der Waals surface area contributed by atoms with E-state index in [-0.39, 0.29) is 11.9 Å². The fourth-order valence-corrected chi connectivity index (χ4v) is 3.83. The van der Waals surface area contributed by atoms with Crippen LogP contribution in [0.1, 0.15) is 40.9 Å². The first-order valence-electron chi connectivity index (χ1n) is 8.81. The van der Waals surface area contributed by atoms with Gasteiger partial charge < -0.3 is 9.64 Å². The number of carbonyl (C=O) groups excluding carboxylic acids is 2. The average molecular weight is 357 g/mol. The second-order valence-electron chi connectivity index (χ2n) is 6.24. The quantitative estimate of drug-likeness (QED) is 0.581. The molecule has 1 aliphatic rings. The summed E-state index contributed by atoms with van der Waals surface area (Å²) in [4.78, 5) is 27.5. The topological polar surface area (TPSA) is 46.6 Å². The molecule has 5 heteroatoms. The van der Waals surface area contributed by atoms with Crippen molar-refractivity contribution >= 4 is 23.2 Å². The number of hydrogen-bond donors (Lipinski definition) is 0. The molecule has 0 N–H and O–H groups in total. The van der Waals surface area contributed by atoms with Crippen molar-refractivity contribution in [3.63, 3.8) is 0 Å². The number of rotatable bonds is 6. The number of amides is 1. The van der Waals surface area contributed by atoms with Gasteiger partial charge in [0, 0.05) is 6.54 Å². The summed E-state index contributed by atoms with van der Waals surface area (Å²) >= 11 is 1.41. The van der Waals surface area contributed by atoms with Gasteiger partial charge in [-0.25, -0.2) is 4.79 Å². The minimum absolute atomic E-state index is 0.0547. The van der Waals surface area contributed by atoms with E-state index in [0.29, 0.717) is 24.4 Å². The molecule has 0 radical (unpaired) electrons. The first-order valence-corrected chi connectivity index (χ1v) is 9.69. The average Bonchev–Trinajstić information content (AvgIpc) is 3.20. The Kier molecular flexibility index (Phi) is 6.23. The van der Waals surface area contributed by atoms with E-state index < -0.39 is 6.04 Å². The third-order valence-electron chi connectivity index (χ3n) is 4.46. The molecule has 1 aliphatic heterocycles. The molecule has 3 rings (SSSR count). The highest BCUT2D eigenvalue weighted by Crippen LogP contribution is 2.22. The second-order valence-corrected chi connectivity index (χ2v) is 7.19. The van der Waals surface area contributed by atoms with Crippen molar-refractivity contribution in [2.45, 2.75) is 38.1 Å². The first kappa shape index (κ1) is 17.7. The molecule has 1 fully saturated rings. The lowest BCUT2D eigenvalue weighted by atomic mass is 10.0. The third-order valence-corrected chi connectivity index (χ3v) is 5.32. The van der Waals surface area contributed by atoms with Crippen LogP contribution in [0.4, 0.5) is 0 Å². The monoisotopic (exact) mass is 357 g/mol. The Balaban J connectivity index is 1.51. The number of thiophene rings is 1. The Bertz CT molecular complexity index is 684. The molecule has 25 heavy (non-hydrogen) atoms. The highest BCUT2D eigenvalue weighted by atomic mass is 32.1. The predicted molar refractivity (Wildman–Crippen MR) is 98.7 cm³/mol. The number of carbonyl (C=O) groups is 2. The lowest BCUT2D eigenvalue weighted by molar-refractivity contribution is -0.150. The summed E-state index contributed by atoms with van der Waals surface area (Å²) < 4.78 is 5.47. The van der Waals surface area contributed by atoms with Crippen molar-refractivity contribution in [1.29, 1.82) is 0 Å². The number of hydrogen-bond acceptors (Lipinski definition) is 4. The molecule has 0 saturated carbocycles. The number of nitrogens with zero attached hydrogens (tertiary/aromatic N) is 1. The molecule has 4 nitrogen and oxygen atoms in total. The van der Waals surface area contributed by atoms with Crippen LogP contribution in [0.25, 0.3) is 0 Å². The van der Waals surface area contributed by atoms with E-state index >= 15 is 0 Å². The highest BCUT2D eigenvalue weighted by molar-refractivity contribution is 7.12. The van der Waals surface area contributed by atoms with Crippen molar-refractivity contribution in [2.24, 2.45) is 0 Å². The molecule has 2 heterocycles. The summed E-state index contributed by atoms with van der Waals surface area (Å²) in [5.41, 5.74) is 1.24. The Hall–Kier alpha value is -2.14. The molecule has 1 aromatic heterocycles. The van der Waals surface area contributed by atoms with Gasteiger partial charge >= 0.3 is 5.97 Å². The smallest absolute Gasteiger partial charge is 0.328 e. The van der Waals surface area contributed by atoms with Crippen molar-refractivity contribution in [2.75, 3.05) is 13.2 Å². The molecule has 0 spiro atoms. The maximum Gasteiger partial charge on any atom is 0.328 e. The van der Waals surface area contributed by atoms with Crippen molar-refractivity contribution in [3.8, 4) is 0 Å². The molecule has 1 atom stereocenters. The van der Waals surface area contributed by atoms with E-state index in [1.807, 2.05) is 35.7 Å². The standard InChI is InChI=1S/C20H23NO3S/c22-19(18-12-7-15-25-18)21-13-5-4-11-17(21)20(23)24-14-6-10-16-8-2-1-3-9-16/h1-3,7-9,12,15,17H,4-6,10-11,13-14H2. The highest BCUT2D eigenvalue weighted by Gasteiger charge is 2.33. The van der Waals surface area contributed by atoms with Gasteiger partial charge in [-0.15, -0.1) is 11.3 Å². The molecule has 0 bridgehead atoms. The van der Waals surface area contributed by atoms with Crippen LogP contribution in [0.3, 0.4) is 0 Å². The molecular weight excluding hydrogens is 334 g/mol. The summed E-state index contributed by atoms with van der Waals surface area (Å²) in [5.74, 6) is -0.321. The minimum Gasteiger partial charge on any atom is -0.464 e. The summed E-state index contributed by atoms with van der Waals surface area (Å²) in [7, 11) is 0. The van der Waals surface area contributed by atoms with Crippen LogP contribution >= 0.6 is 11.3 Å². The van der Waals surface area contributed by atoms with E-state index in [4.69, 9.17) is 4.74 Å². The number of aryl methyl sites for hydroxylation is 1. The van der Waals surface area contributed by atoms with Gasteiger partial charge in [-0.2, -0.15) is 0 Å². The lowest BCUT2D eigenvalue weighted by Crippen LogP contribution is -2.48. The number of piperidine rings is 1. The van der Waals surface area contributed by atoms with Gasteiger partial charge in [-0.3, -0.25) is 4.79 Å². The Morgan fingerprint density at radius 3 is 2.72 bits per heavy atom. The maximum atomic E-state index is 12.6. The SMILES string of the molecule is O=C(OCCCc1ccccc1)C1CCCCN1C(=O)c1cccs1. The summed E-state index contributed by atoms with van der Waals surface area (Å²) in [6, 6.07) is 13.4. The number of benzene rings is 1. The zero-order chi connectivity index (χ0) is 17.5. The van der Waals surface area contributed by atoms with Crippen LogP contribution < -0.4 is 0 Å². The maximum absolute atomic E-state index is 12.6. The van der Waals surface area contributed by atoms with Gasteiger partial charge in [0.1, 0.15) is 6.04 Å². The zero-order valence-electron chi connectivity index (χ0n) is 14.2. The molecule has 132 valence electrons. The Labute approximate surface area is 152 Å². The largest absolute Gasteiger partial charge is 0.464 e. The third kappa shape index (κ3) is 4.69. The molecule has 1 amide bonds. The van der Waals surface area contributed by atoms with Gasteiger partial charge in [0.25, 0.3) is 5.91 Å². The molecular formula is C20H23NO3S. The summed E-state index contributed by atoms with van der Waals surface area (Å²) in [6.45, 7) is 1.02. The van der Waals surface area contributed by atoms with Crippen LogP contribution in [0.2, 0.25) is 0 Å². The van der Waals surface area contributed by atoms with Crippen LogP contribution in [0.15, 0.2) is 47.8 Å². The Morgan fingerprint density at radius 1 is 1.12 bits per heavy atom. The van der Waals surface area contributed by atoms with Gasteiger partial charge in [0.15, 0.2) is 0 Å². The number of ether oxygens (including phenoxy) is 1. The van der Waals surface area contributed by atoms with Crippen LogP contribution in [-0.4, -0.2) is 36.0 Å². The molecule has 2 aromatic rings. The van der Waals surface area contributed by atoms with Crippen molar-refractivity contribution in [3.05, 3.63) is 58.3 Å². The Morgan fingerprint density at radius 2 is 1.96 bits per heavy atom. The van der Waals surface area contributed by atoms with Crippen LogP contribution in [0, 0.1) is 0 Å². The van der Waals surface area contributed by atoms with E-state index in [1.54, 1.807) is 4.90 Å². The fourth-order valence-electron chi connectivity index (χ4n) is 3.15. The molecule has 1 aromatic carbocycles. The van der Waals surface area contributed by atoms with E-state index in [9.17, 15) is 9.59 Å². The first-order chi connectivity index (χ1) is 12.3. The van der Waals surface area contributed by atoms with Gasteiger partial charge in [-0.05, 0) is 49.1 Å². The summed E-state index contributed by atoms with van der Waals surface area (Å²) in [6.07, 6.45) is 4.26. The van der Waals surface area contributed by atoms with Gasteiger partial charge in [0.2, 0.25) is 0 Å². The van der Waals surface area contributed by atoms with Crippen LogP contribution in [0.5, 0.6) is 0 Å². The lowest BCUT2D eigenvalue weighted by Gasteiger charge is -2.33. The van der Waals surface area contributed by atoms with Gasteiger partial charge in [0.05, 0.1) is 11.5 Å². The summed E-state index contributed by atoms with van der Waals surface area (Å²) in [5, 5.41) is 1.88. The second kappa shape index (κ2) is 8.81. The van der Waals surface area contributed by atoms with E-state index in [0.717, 1.165) is 25.7 Å². The van der Waals surface area contributed by atoms with Gasteiger partial charge in [-0.1, -0.05) is 36.4 Å².